The number of ether oxygens (including phenoxy) is 1. The largest absolute Gasteiger partial charge is 0.484 e. The maximum Gasteiger partial charge on any atom is 0.276 e. The molecule has 28 heavy (non-hydrogen) atoms. The van der Waals surface area contributed by atoms with Crippen LogP contribution >= 0.6 is 11.6 Å². The van der Waals surface area contributed by atoms with Crippen LogP contribution in [0, 0.1) is 6.92 Å². The van der Waals surface area contributed by atoms with Crippen LogP contribution in [-0.2, 0) is 4.79 Å². The van der Waals surface area contributed by atoms with Crippen molar-refractivity contribution >= 4 is 29.1 Å². The first-order chi connectivity index (χ1) is 13.5. The number of nitrogens with one attached hydrogen (secondary N) is 3. The Morgan fingerprint density at radius 2 is 1.93 bits per heavy atom. The lowest BCUT2D eigenvalue weighted by Gasteiger charge is -2.07. The Bertz CT molecular complexity index is 999. The fraction of sp³-hybridized carbons (Fsp3) is 0.150. The Hall–Kier alpha value is -3.32. The zero-order chi connectivity index (χ0) is 20.1. The number of halogens is 1. The molecule has 0 fully saturated rings. The summed E-state index contributed by atoms with van der Waals surface area (Å²) in [6.07, 6.45) is 0. The number of aromatic amines is 1. The van der Waals surface area contributed by atoms with Gasteiger partial charge in [-0.3, -0.25) is 9.59 Å². The second kappa shape index (κ2) is 8.58. The summed E-state index contributed by atoms with van der Waals surface area (Å²) in [5, 5.41) is 5.86. The van der Waals surface area contributed by atoms with Crippen molar-refractivity contribution in [2.24, 2.45) is 0 Å². The van der Waals surface area contributed by atoms with Gasteiger partial charge in [0.2, 0.25) is 0 Å². The van der Waals surface area contributed by atoms with Crippen LogP contribution in [0.3, 0.4) is 0 Å². The van der Waals surface area contributed by atoms with Crippen LogP contribution in [0.1, 0.15) is 16.2 Å². The van der Waals surface area contributed by atoms with E-state index in [9.17, 15) is 9.59 Å². The van der Waals surface area contributed by atoms with E-state index in [1.54, 1.807) is 50.4 Å². The molecule has 3 aromatic rings. The fourth-order valence-electron chi connectivity index (χ4n) is 2.50. The summed E-state index contributed by atoms with van der Waals surface area (Å²) >= 11 is 6.02. The molecule has 144 valence electrons. The summed E-state index contributed by atoms with van der Waals surface area (Å²) in [4.78, 5) is 31.3. The van der Waals surface area contributed by atoms with E-state index in [0.29, 0.717) is 33.7 Å². The third-order valence-electron chi connectivity index (χ3n) is 3.96. The van der Waals surface area contributed by atoms with Crippen molar-refractivity contribution in [3.63, 3.8) is 0 Å². The number of hydrogen-bond acceptors (Lipinski definition) is 4. The van der Waals surface area contributed by atoms with Gasteiger partial charge in [0.25, 0.3) is 11.8 Å². The zero-order valence-electron chi connectivity index (χ0n) is 15.4. The molecular weight excluding hydrogens is 380 g/mol. The van der Waals surface area contributed by atoms with Gasteiger partial charge in [0.1, 0.15) is 17.3 Å². The number of carbonyl (C=O) groups excluding carboxylic acids is 2. The standard InChI is InChI=1S/C20H19ClN4O3/c1-12-18(25-19(23-12)13-4-3-5-14(21)10-13)20(27)24-15-6-8-16(9-7-15)28-11-17(26)22-2/h3-10H,11H2,1-2H3,(H,22,26)(H,23,25)(H,24,27). The molecular formula is C20H19ClN4O3. The minimum absolute atomic E-state index is 0.0685. The Morgan fingerprint density at radius 1 is 1.18 bits per heavy atom. The van der Waals surface area contributed by atoms with E-state index in [0.717, 1.165) is 5.56 Å². The molecule has 8 heteroatoms. The Morgan fingerprint density at radius 3 is 2.61 bits per heavy atom. The fourth-order valence-corrected chi connectivity index (χ4v) is 2.69. The number of hydrogen-bond donors (Lipinski definition) is 3. The third-order valence-corrected chi connectivity index (χ3v) is 4.19. The number of aromatic nitrogens is 2. The van der Waals surface area contributed by atoms with Gasteiger partial charge >= 0.3 is 0 Å². The third kappa shape index (κ3) is 4.69. The number of carbonyl (C=O) groups is 2. The Balaban J connectivity index is 1.69. The number of rotatable bonds is 6. The molecule has 0 unspecified atom stereocenters. The van der Waals surface area contributed by atoms with Crippen LogP contribution in [0.4, 0.5) is 5.69 Å². The molecule has 0 bridgehead atoms. The number of amides is 2. The second-order valence-corrected chi connectivity index (χ2v) is 6.45. The molecule has 0 saturated carbocycles. The van der Waals surface area contributed by atoms with Gasteiger partial charge in [-0.2, -0.15) is 0 Å². The van der Waals surface area contributed by atoms with Gasteiger partial charge < -0.3 is 20.4 Å². The predicted octanol–water partition coefficient (Wildman–Crippen LogP) is 3.42. The first kappa shape index (κ1) is 19.4. The van der Waals surface area contributed by atoms with E-state index in [4.69, 9.17) is 16.3 Å². The van der Waals surface area contributed by atoms with Crippen molar-refractivity contribution in [1.29, 1.82) is 0 Å². The van der Waals surface area contributed by atoms with E-state index in [1.165, 1.54) is 0 Å². The number of benzene rings is 2. The van der Waals surface area contributed by atoms with Gasteiger partial charge in [0.15, 0.2) is 6.61 Å². The minimum Gasteiger partial charge on any atom is -0.484 e. The molecule has 3 rings (SSSR count). The smallest absolute Gasteiger partial charge is 0.276 e. The van der Waals surface area contributed by atoms with Gasteiger partial charge in [-0.1, -0.05) is 23.7 Å². The van der Waals surface area contributed by atoms with E-state index in [2.05, 4.69) is 20.6 Å². The van der Waals surface area contributed by atoms with Crippen LogP contribution < -0.4 is 15.4 Å². The highest BCUT2D eigenvalue weighted by atomic mass is 35.5. The van der Waals surface area contributed by atoms with Crippen LogP contribution in [0.25, 0.3) is 11.4 Å². The molecule has 0 aliphatic heterocycles. The molecule has 0 radical (unpaired) electrons. The van der Waals surface area contributed by atoms with Crippen molar-refractivity contribution < 1.29 is 14.3 Å². The quantitative estimate of drug-likeness (QED) is 0.592. The van der Waals surface area contributed by atoms with Gasteiger partial charge in [-0.05, 0) is 43.3 Å². The number of likely N-dealkylation sites (N-methyl/N-ethyl adjacent to an activating group) is 1. The lowest BCUT2D eigenvalue weighted by molar-refractivity contribution is -0.122. The van der Waals surface area contributed by atoms with Crippen LogP contribution in [0.5, 0.6) is 5.75 Å². The maximum absolute atomic E-state index is 12.6. The molecule has 3 N–H and O–H groups in total. The highest BCUT2D eigenvalue weighted by Gasteiger charge is 2.16. The summed E-state index contributed by atoms with van der Waals surface area (Å²) in [7, 11) is 1.54. The molecule has 7 nitrogen and oxygen atoms in total. The van der Waals surface area contributed by atoms with Crippen molar-refractivity contribution in [2.75, 3.05) is 19.0 Å². The first-order valence-electron chi connectivity index (χ1n) is 8.53. The molecule has 0 aliphatic rings. The zero-order valence-corrected chi connectivity index (χ0v) is 16.1. The summed E-state index contributed by atoms with van der Waals surface area (Å²) in [6.45, 7) is 1.71. The normalized spacial score (nSPS) is 10.4. The molecule has 0 spiro atoms. The first-order valence-corrected chi connectivity index (χ1v) is 8.91. The summed E-state index contributed by atoms with van der Waals surface area (Å²) < 4.78 is 5.33. The van der Waals surface area contributed by atoms with E-state index in [-0.39, 0.29) is 18.4 Å². The van der Waals surface area contributed by atoms with Gasteiger partial charge in [0.05, 0.1) is 0 Å². The molecule has 2 aromatic carbocycles. The van der Waals surface area contributed by atoms with Crippen molar-refractivity contribution in [2.45, 2.75) is 6.92 Å². The van der Waals surface area contributed by atoms with E-state index >= 15 is 0 Å². The van der Waals surface area contributed by atoms with E-state index in [1.807, 2.05) is 12.1 Å². The lowest BCUT2D eigenvalue weighted by Crippen LogP contribution is -2.24. The number of aryl methyl sites for hydroxylation is 1. The molecule has 0 atom stereocenters. The molecule has 2 amide bonds. The van der Waals surface area contributed by atoms with Gasteiger partial charge in [-0.15, -0.1) is 0 Å². The highest BCUT2D eigenvalue weighted by molar-refractivity contribution is 6.30. The Labute approximate surface area is 167 Å². The molecule has 1 aromatic heterocycles. The van der Waals surface area contributed by atoms with E-state index < -0.39 is 0 Å². The average molecular weight is 399 g/mol. The minimum atomic E-state index is -0.332. The number of anilines is 1. The molecule has 0 saturated heterocycles. The van der Waals surface area contributed by atoms with Crippen molar-refractivity contribution in [3.8, 4) is 17.1 Å². The Kier molecular flexibility index (Phi) is 5.96. The maximum atomic E-state index is 12.6. The molecule has 1 heterocycles. The number of imidazole rings is 1. The summed E-state index contributed by atoms with van der Waals surface area (Å²) in [6, 6.07) is 14.0. The second-order valence-electron chi connectivity index (χ2n) is 6.01. The van der Waals surface area contributed by atoms with Crippen molar-refractivity contribution in [3.05, 3.63) is 64.9 Å². The lowest BCUT2D eigenvalue weighted by atomic mass is 10.2. The number of nitrogens with zero attached hydrogens (tertiary/aromatic N) is 1. The monoisotopic (exact) mass is 398 g/mol. The predicted molar refractivity (Wildman–Crippen MR) is 108 cm³/mol. The number of H-pyrrole nitrogens is 1. The van der Waals surface area contributed by atoms with Crippen LogP contribution in [0.15, 0.2) is 48.5 Å². The van der Waals surface area contributed by atoms with Crippen LogP contribution in [0.2, 0.25) is 5.02 Å². The average Bonchev–Trinajstić information content (AvgIpc) is 3.09. The molecule has 0 aliphatic carbocycles. The van der Waals surface area contributed by atoms with Gasteiger partial charge in [-0.25, -0.2) is 4.98 Å². The SMILES string of the molecule is CNC(=O)COc1ccc(NC(=O)c2nc(-c3cccc(Cl)c3)[nH]c2C)cc1. The van der Waals surface area contributed by atoms with Crippen molar-refractivity contribution in [1.82, 2.24) is 15.3 Å². The van der Waals surface area contributed by atoms with Gasteiger partial charge in [0, 0.05) is 29.0 Å². The van der Waals surface area contributed by atoms with Crippen LogP contribution in [-0.4, -0.2) is 35.4 Å². The summed E-state index contributed by atoms with van der Waals surface area (Å²) in [5.41, 5.74) is 2.34. The highest BCUT2D eigenvalue weighted by Crippen LogP contribution is 2.22. The summed E-state index contributed by atoms with van der Waals surface area (Å²) in [5.74, 6) is 0.548. The topological polar surface area (TPSA) is 96.1 Å².